The van der Waals surface area contributed by atoms with E-state index in [0.717, 1.165) is 6.07 Å². The number of rotatable bonds is 5. The number of nitro groups is 1. The minimum absolute atomic E-state index is 0.0467. The molecule has 0 amide bonds. The fourth-order valence-electron chi connectivity index (χ4n) is 1.49. The van der Waals surface area contributed by atoms with E-state index >= 15 is 0 Å². The lowest BCUT2D eigenvalue weighted by Crippen LogP contribution is -2.19. The Morgan fingerprint density at radius 1 is 1.44 bits per heavy atom. The summed E-state index contributed by atoms with van der Waals surface area (Å²) in [5, 5.41) is 47.3. The van der Waals surface area contributed by atoms with Gasteiger partial charge in [0.05, 0.1) is 11.0 Å². The lowest BCUT2D eigenvalue weighted by Gasteiger charge is -2.17. The number of benzene rings is 1. The maximum absolute atomic E-state index is 10.7. The van der Waals surface area contributed by atoms with Crippen LogP contribution in [0.25, 0.3) is 0 Å². The molecule has 0 fully saturated rings. The summed E-state index contributed by atoms with van der Waals surface area (Å²) in [5.74, 6) is 0. The first kappa shape index (κ1) is 14.1. The van der Waals surface area contributed by atoms with Crippen LogP contribution in [0.2, 0.25) is 0 Å². The summed E-state index contributed by atoms with van der Waals surface area (Å²) >= 11 is 0. The molecule has 96 valence electrons. The summed E-state index contributed by atoms with van der Waals surface area (Å²) in [6, 6.07) is 5.26. The van der Waals surface area contributed by atoms with Gasteiger partial charge < -0.3 is 15.3 Å². The number of hydrogen-bond donors (Lipinski definition) is 3. The zero-order valence-corrected chi connectivity index (χ0v) is 9.35. The van der Waals surface area contributed by atoms with Gasteiger partial charge in [-0.3, -0.25) is 10.1 Å². The second-order valence-electron chi connectivity index (χ2n) is 3.67. The summed E-state index contributed by atoms with van der Waals surface area (Å²) in [4.78, 5) is 9.99. The van der Waals surface area contributed by atoms with Gasteiger partial charge >= 0.3 is 0 Å². The Kier molecular flexibility index (Phi) is 4.74. The van der Waals surface area contributed by atoms with Gasteiger partial charge in [0.25, 0.3) is 5.69 Å². The first-order chi connectivity index (χ1) is 8.51. The van der Waals surface area contributed by atoms with E-state index in [0.29, 0.717) is 0 Å². The van der Waals surface area contributed by atoms with Crippen LogP contribution in [-0.2, 0) is 0 Å². The molecule has 2 atom stereocenters. The zero-order valence-electron chi connectivity index (χ0n) is 9.35. The molecule has 18 heavy (non-hydrogen) atoms. The molecule has 0 heterocycles. The number of nitrogens with zero attached hydrogens (tertiary/aromatic N) is 2. The number of aliphatic hydroxyl groups is 3. The quantitative estimate of drug-likeness (QED) is 0.508. The Bertz CT molecular complexity index is 483. The minimum atomic E-state index is -1.34. The van der Waals surface area contributed by atoms with Gasteiger partial charge in [0.1, 0.15) is 17.7 Å². The highest BCUT2D eigenvalue weighted by atomic mass is 16.6. The molecule has 0 aliphatic heterocycles. The molecule has 1 rings (SSSR count). The van der Waals surface area contributed by atoms with Crippen LogP contribution < -0.4 is 0 Å². The molecule has 0 bridgehead atoms. The van der Waals surface area contributed by atoms with Crippen molar-refractivity contribution in [2.24, 2.45) is 0 Å². The number of aliphatic hydroxyl groups excluding tert-OH is 3. The largest absolute Gasteiger partial charge is 0.396 e. The molecule has 0 aromatic heterocycles. The predicted octanol–water partition coefficient (Wildman–Crippen LogP) is 0.243. The summed E-state index contributed by atoms with van der Waals surface area (Å²) in [7, 11) is 0. The van der Waals surface area contributed by atoms with Crippen molar-refractivity contribution < 1.29 is 20.2 Å². The Morgan fingerprint density at radius 3 is 2.61 bits per heavy atom. The second-order valence-corrected chi connectivity index (χ2v) is 3.67. The number of nitro benzene ring substituents is 1. The number of hydrogen-bond acceptors (Lipinski definition) is 6. The SMILES string of the molecule is N#Cc1ccc(C(O)C(O)CCO)cc1[N+](=O)[O-]. The van der Waals surface area contributed by atoms with Crippen LogP contribution in [0.5, 0.6) is 0 Å². The topological polar surface area (TPSA) is 128 Å². The van der Waals surface area contributed by atoms with Crippen molar-refractivity contribution in [2.75, 3.05) is 6.61 Å². The van der Waals surface area contributed by atoms with Crippen molar-refractivity contribution >= 4 is 5.69 Å². The molecule has 2 unspecified atom stereocenters. The smallest absolute Gasteiger partial charge is 0.287 e. The molecule has 1 aromatic carbocycles. The van der Waals surface area contributed by atoms with Crippen LogP contribution in [0.1, 0.15) is 23.7 Å². The highest BCUT2D eigenvalue weighted by Gasteiger charge is 2.22. The molecule has 0 saturated heterocycles. The van der Waals surface area contributed by atoms with Crippen molar-refractivity contribution in [3.8, 4) is 6.07 Å². The second kappa shape index (κ2) is 6.07. The zero-order chi connectivity index (χ0) is 13.7. The van der Waals surface area contributed by atoms with Gasteiger partial charge in [-0.1, -0.05) is 6.07 Å². The van der Waals surface area contributed by atoms with Gasteiger partial charge in [0, 0.05) is 12.7 Å². The maximum Gasteiger partial charge on any atom is 0.287 e. The van der Waals surface area contributed by atoms with E-state index in [4.69, 9.17) is 10.4 Å². The van der Waals surface area contributed by atoms with Crippen molar-refractivity contribution in [1.82, 2.24) is 0 Å². The van der Waals surface area contributed by atoms with Gasteiger partial charge in [0.2, 0.25) is 0 Å². The van der Waals surface area contributed by atoms with Gasteiger partial charge in [-0.15, -0.1) is 0 Å². The van der Waals surface area contributed by atoms with E-state index in [1.807, 2.05) is 0 Å². The molecular weight excluding hydrogens is 240 g/mol. The van der Waals surface area contributed by atoms with E-state index in [1.54, 1.807) is 6.07 Å². The van der Waals surface area contributed by atoms with Gasteiger partial charge in [-0.25, -0.2) is 0 Å². The van der Waals surface area contributed by atoms with Crippen LogP contribution in [0.4, 0.5) is 5.69 Å². The molecule has 0 aliphatic rings. The molecule has 0 radical (unpaired) electrons. The Hall–Kier alpha value is -2.01. The molecular formula is C11H12N2O5. The Balaban J connectivity index is 3.09. The van der Waals surface area contributed by atoms with Crippen LogP contribution in [-0.4, -0.2) is 33.0 Å². The highest BCUT2D eigenvalue weighted by molar-refractivity contribution is 5.50. The van der Waals surface area contributed by atoms with E-state index in [-0.39, 0.29) is 24.2 Å². The average molecular weight is 252 g/mol. The standard InChI is InChI=1S/C11H12N2O5/c12-6-8-2-1-7(5-9(8)13(17)18)11(16)10(15)3-4-14/h1-2,5,10-11,14-16H,3-4H2. The number of nitriles is 1. The molecule has 3 N–H and O–H groups in total. The third-order valence-electron chi connectivity index (χ3n) is 2.47. The first-order valence-corrected chi connectivity index (χ1v) is 5.16. The van der Waals surface area contributed by atoms with Crippen LogP contribution >= 0.6 is 0 Å². The molecule has 0 saturated carbocycles. The Morgan fingerprint density at radius 2 is 2.11 bits per heavy atom. The van der Waals surface area contributed by atoms with Crippen LogP contribution in [0.15, 0.2) is 18.2 Å². The molecule has 7 nitrogen and oxygen atoms in total. The molecule has 7 heteroatoms. The van der Waals surface area contributed by atoms with Gasteiger partial charge in [-0.2, -0.15) is 5.26 Å². The minimum Gasteiger partial charge on any atom is -0.396 e. The monoisotopic (exact) mass is 252 g/mol. The van der Waals surface area contributed by atoms with Crippen molar-refractivity contribution in [1.29, 1.82) is 5.26 Å². The van der Waals surface area contributed by atoms with Crippen molar-refractivity contribution in [2.45, 2.75) is 18.6 Å². The summed E-state index contributed by atoms with van der Waals surface area (Å²) in [5.41, 5.74) is -0.417. The third-order valence-corrected chi connectivity index (χ3v) is 2.47. The van der Waals surface area contributed by atoms with E-state index in [1.165, 1.54) is 12.1 Å². The summed E-state index contributed by atoms with van der Waals surface area (Å²) in [6.45, 7) is -0.309. The van der Waals surface area contributed by atoms with E-state index in [2.05, 4.69) is 0 Å². The maximum atomic E-state index is 10.7. The van der Waals surface area contributed by atoms with Crippen molar-refractivity contribution in [3.05, 3.63) is 39.4 Å². The molecule has 0 spiro atoms. The van der Waals surface area contributed by atoms with Crippen LogP contribution in [0, 0.1) is 21.4 Å². The predicted molar refractivity (Wildman–Crippen MR) is 60.5 cm³/mol. The lowest BCUT2D eigenvalue weighted by molar-refractivity contribution is -0.385. The van der Waals surface area contributed by atoms with E-state index < -0.39 is 22.8 Å². The van der Waals surface area contributed by atoms with Gasteiger partial charge in [0.15, 0.2) is 0 Å². The van der Waals surface area contributed by atoms with Crippen LogP contribution in [0.3, 0.4) is 0 Å². The fourth-order valence-corrected chi connectivity index (χ4v) is 1.49. The van der Waals surface area contributed by atoms with Crippen molar-refractivity contribution in [3.63, 3.8) is 0 Å². The average Bonchev–Trinajstić information content (AvgIpc) is 2.37. The fraction of sp³-hybridized carbons (Fsp3) is 0.364. The highest BCUT2D eigenvalue weighted by Crippen LogP contribution is 2.25. The Labute approximate surface area is 103 Å². The molecule has 1 aromatic rings. The summed E-state index contributed by atoms with van der Waals surface area (Å²) < 4.78 is 0. The first-order valence-electron chi connectivity index (χ1n) is 5.16. The van der Waals surface area contributed by atoms with E-state index in [9.17, 15) is 20.3 Å². The lowest BCUT2D eigenvalue weighted by atomic mass is 10.00. The van der Waals surface area contributed by atoms with Gasteiger partial charge in [-0.05, 0) is 18.1 Å². The third kappa shape index (κ3) is 3.01. The molecule has 0 aliphatic carbocycles. The summed E-state index contributed by atoms with van der Waals surface area (Å²) in [6.07, 6.45) is -2.61. The normalized spacial score (nSPS) is 13.7.